The van der Waals surface area contributed by atoms with E-state index in [9.17, 15) is 19.7 Å². The minimum atomic E-state index is -1.01. The van der Waals surface area contributed by atoms with E-state index in [1.807, 2.05) is 55.5 Å². The number of allylic oxidation sites excluding steroid dienone is 2. The molecule has 2 amide bonds. The van der Waals surface area contributed by atoms with Crippen molar-refractivity contribution >= 4 is 36.3 Å². The fourth-order valence-electron chi connectivity index (χ4n) is 6.81. The molecular weight excluding hydrogens is 501 g/mol. The van der Waals surface area contributed by atoms with E-state index in [1.165, 1.54) is 4.90 Å². The number of imide groups is 1. The maximum atomic E-state index is 13.7. The van der Waals surface area contributed by atoms with Gasteiger partial charge in [0.25, 0.3) is 0 Å². The van der Waals surface area contributed by atoms with Crippen LogP contribution >= 0.6 is 0 Å². The van der Waals surface area contributed by atoms with Crippen LogP contribution in [0.2, 0.25) is 6.32 Å². The molecule has 3 aromatic rings. The van der Waals surface area contributed by atoms with Crippen LogP contribution in [0.25, 0.3) is 11.6 Å². The molecule has 2 aliphatic heterocycles. The van der Waals surface area contributed by atoms with Crippen LogP contribution < -0.4 is 4.90 Å². The van der Waals surface area contributed by atoms with Gasteiger partial charge in [0.2, 0.25) is 11.8 Å². The van der Waals surface area contributed by atoms with Gasteiger partial charge in [-0.25, -0.2) is 0 Å². The molecule has 2 heterocycles. The molecule has 202 valence electrons. The number of carbonyl (C=O) groups excluding carboxylic acids is 2. The van der Waals surface area contributed by atoms with Crippen molar-refractivity contribution in [3.05, 3.63) is 107 Å². The van der Waals surface area contributed by atoms with E-state index in [4.69, 9.17) is 4.65 Å². The van der Waals surface area contributed by atoms with Crippen LogP contribution in [-0.2, 0) is 14.2 Å². The Labute approximate surface area is 234 Å². The number of phenols is 1. The lowest BCUT2D eigenvalue weighted by atomic mass is 9.58. The van der Waals surface area contributed by atoms with E-state index in [-0.39, 0.29) is 29.6 Å². The monoisotopic (exact) mass is 533 g/mol. The van der Waals surface area contributed by atoms with Crippen molar-refractivity contribution in [2.45, 2.75) is 38.6 Å². The molecular formula is C33H32BNO5. The zero-order chi connectivity index (χ0) is 27.8. The average molecular weight is 533 g/mol. The Balaban J connectivity index is 1.29. The molecule has 2 fully saturated rings. The van der Waals surface area contributed by atoms with Gasteiger partial charge in [0.15, 0.2) is 0 Å². The van der Waals surface area contributed by atoms with Gasteiger partial charge < -0.3 is 14.8 Å². The van der Waals surface area contributed by atoms with Crippen LogP contribution in [0.4, 0.5) is 5.69 Å². The van der Waals surface area contributed by atoms with Crippen molar-refractivity contribution in [1.82, 2.24) is 0 Å². The largest absolute Gasteiger partial charge is 0.508 e. The Morgan fingerprint density at radius 3 is 2.42 bits per heavy atom. The van der Waals surface area contributed by atoms with Crippen LogP contribution in [0.3, 0.4) is 0 Å². The highest BCUT2D eigenvalue weighted by atomic mass is 16.5. The number of fused-ring (bicyclic) bond motifs is 3. The first-order valence-corrected chi connectivity index (χ1v) is 13.9. The summed E-state index contributed by atoms with van der Waals surface area (Å²) in [5, 5.41) is 20.8. The normalized spacial score (nSPS) is 24.8. The van der Waals surface area contributed by atoms with Crippen LogP contribution in [0, 0.1) is 17.8 Å². The number of carbonyl (C=O) groups is 2. The first-order valence-electron chi connectivity index (χ1n) is 13.9. The zero-order valence-electron chi connectivity index (χ0n) is 22.4. The molecule has 0 bridgehead atoms. The fourth-order valence-corrected chi connectivity index (χ4v) is 6.81. The number of anilines is 1. The fraction of sp³-hybridized carbons (Fsp3) is 0.273. The van der Waals surface area contributed by atoms with Gasteiger partial charge in [0.05, 0.1) is 23.6 Å². The maximum Gasteiger partial charge on any atom is 0.455 e. The molecule has 0 saturated carbocycles. The Morgan fingerprint density at radius 2 is 1.70 bits per heavy atom. The Kier molecular flexibility index (Phi) is 7.17. The first kappa shape index (κ1) is 26.3. The summed E-state index contributed by atoms with van der Waals surface area (Å²) in [5.41, 5.74) is 5.79. The minimum absolute atomic E-state index is 0.155. The molecule has 3 aliphatic rings. The van der Waals surface area contributed by atoms with Crippen molar-refractivity contribution in [3.8, 4) is 5.75 Å². The van der Waals surface area contributed by atoms with Crippen LogP contribution in [0.1, 0.15) is 37.3 Å². The van der Waals surface area contributed by atoms with Gasteiger partial charge >= 0.3 is 7.12 Å². The summed E-state index contributed by atoms with van der Waals surface area (Å²) in [6.07, 6.45) is 3.81. The molecule has 40 heavy (non-hydrogen) atoms. The lowest BCUT2D eigenvalue weighted by molar-refractivity contribution is -0.122. The molecule has 0 aromatic heterocycles. The lowest BCUT2D eigenvalue weighted by Gasteiger charge is -2.42. The number of rotatable bonds is 6. The van der Waals surface area contributed by atoms with E-state index >= 15 is 0 Å². The van der Waals surface area contributed by atoms with Crippen molar-refractivity contribution in [1.29, 1.82) is 0 Å². The van der Waals surface area contributed by atoms with Gasteiger partial charge in [-0.05, 0) is 85.0 Å². The quantitative estimate of drug-likeness (QED) is 0.183. The first-order chi connectivity index (χ1) is 19.4. The summed E-state index contributed by atoms with van der Waals surface area (Å²) in [7, 11) is -1.01. The number of hydrogen-bond donors (Lipinski definition) is 2. The third-order valence-electron chi connectivity index (χ3n) is 8.50. The molecule has 1 aliphatic carbocycles. The second kappa shape index (κ2) is 10.9. The number of nitrogens with zero attached hydrogens (tertiary/aromatic N) is 1. The summed E-state index contributed by atoms with van der Waals surface area (Å²) < 4.78 is 6.12. The number of phenolic OH excluding ortho intramolecular Hbond substituents is 1. The maximum absolute atomic E-state index is 13.7. The summed E-state index contributed by atoms with van der Waals surface area (Å²) in [6.45, 7) is 2.04. The van der Waals surface area contributed by atoms with Gasteiger partial charge in [-0.2, -0.15) is 0 Å². The average Bonchev–Trinajstić information content (AvgIpc) is 3.20. The predicted octanol–water partition coefficient (Wildman–Crippen LogP) is 5.73. The molecule has 4 atom stereocenters. The standard InChI is InChI=1S/C33H32BNO5/c1-21-17-27-31(33(38)35(32(27)37)25-12-6-3-7-13-25)28-20-34(39)40-29(30(21)28)16-15-24(23-10-4-2-5-11-23)18-22-9-8-14-26(36)19-22/h2-14,18-19,27-29,31,36,39H,15-17,20H2,1H3/b24-18-/t27-,28+,29-,31-/m1/s1. The molecule has 6 rings (SSSR count). The third kappa shape index (κ3) is 4.91. The van der Waals surface area contributed by atoms with Gasteiger partial charge in [-0.15, -0.1) is 0 Å². The molecule has 3 aromatic carbocycles. The summed E-state index contributed by atoms with van der Waals surface area (Å²) in [6, 6.07) is 26.4. The lowest BCUT2D eigenvalue weighted by Crippen LogP contribution is -2.46. The zero-order valence-corrected chi connectivity index (χ0v) is 22.4. The SMILES string of the molecule is CC1=C2[C@@H](CC/C(=C/c3cccc(O)c3)c3ccccc3)OB(O)C[C@@H]2[C@@H]2C(=O)N(c3ccccc3)C(=O)[C@@H]2C1. The summed E-state index contributed by atoms with van der Waals surface area (Å²) in [5.74, 6) is -1.29. The summed E-state index contributed by atoms with van der Waals surface area (Å²) >= 11 is 0. The molecule has 7 heteroatoms. The highest BCUT2D eigenvalue weighted by Gasteiger charge is 2.57. The topological polar surface area (TPSA) is 87.1 Å². The molecule has 0 unspecified atom stereocenters. The number of amides is 2. The summed E-state index contributed by atoms with van der Waals surface area (Å²) in [4.78, 5) is 28.5. The van der Waals surface area contributed by atoms with Crippen molar-refractivity contribution in [2.24, 2.45) is 17.8 Å². The van der Waals surface area contributed by atoms with E-state index in [0.29, 0.717) is 31.3 Å². The van der Waals surface area contributed by atoms with Crippen LogP contribution in [0.5, 0.6) is 5.75 Å². The molecule has 2 saturated heterocycles. The Hall–Kier alpha value is -3.94. The van der Waals surface area contributed by atoms with Crippen LogP contribution in [0.15, 0.2) is 96.1 Å². The smallest absolute Gasteiger partial charge is 0.455 e. The number of benzene rings is 3. The number of para-hydroxylation sites is 1. The molecule has 0 radical (unpaired) electrons. The van der Waals surface area contributed by atoms with Gasteiger partial charge in [-0.3, -0.25) is 14.5 Å². The van der Waals surface area contributed by atoms with Crippen molar-refractivity contribution in [3.63, 3.8) is 0 Å². The van der Waals surface area contributed by atoms with E-state index < -0.39 is 19.0 Å². The van der Waals surface area contributed by atoms with E-state index in [1.54, 1.807) is 24.3 Å². The molecule has 2 N–H and O–H groups in total. The van der Waals surface area contributed by atoms with Gasteiger partial charge in [0.1, 0.15) is 5.75 Å². The van der Waals surface area contributed by atoms with Gasteiger partial charge in [0, 0.05) is 0 Å². The Morgan fingerprint density at radius 1 is 0.975 bits per heavy atom. The highest BCUT2D eigenvalue weighted by Crippen LogP contribution is 2.51. The second-order valence-electron chi connectivity index (χ2n) is 11.0. The van der Waals surface area contributed by atoms with Crippen molar-refractivity contribution in [2.75, 3.05) is 4.90 Å². The second-order valence-corrected chi connectivity index (χ2v) is 11.0. The van der Waals surface area contributed by atoms with Crippen molar-refractivity contribution < 1.29 is 24.4 Å². The van der Waals surface area contributed by atoms with E-state index in [0.717, 1.165) is 27.8 Å². The highest BCUT2D eigenvalue weighted by molar-refractivity contribution is 6.43. The third-order valence-corrected chi connectivity index (χ3v) is 8.50. The molecule has 6 nitrogen and oxygen atoms in total. The van der Waals surface area contributed by atoms with Crippen LogP contribution in [-0.4, -0.2) is 35.2 Å². The number of aromatic hydroxyl groups is 1. The molecule has 0 spiro atoms. The van der Waals surface area contributed by atoms with Gasteiger partial charge in [-0.1, -0.05) is 72.3 Å². The predicted molar refractivity (Wildman–Crippen MR) is 156 cm³/mol. The minimum Gasteiger partial charge on any atom is -0.508 e. The number of hydrogen-bond acceptors (Lipinski definition) is 5. The Bertz CT molecular complexity index is 1480. The van der Waals surface area contributed by atoms with E-state index in [2.05, 4.69) is 18.2 Å².